The second kappa shape index (κ2) is 9.40. The van der Waals surface area contributed by atoms with Crippen LogP contribution in [0.15, 0.2) is 72.5 Å². The molecular formula is C26H22N6O2S. The van der Waals surface area contributed by atoms with Gasteiger partial charge in [-0.25, -0.2) is 19.7 Å². The van der Waals surface area contributed by atoms with Crippen molar-refractivity contribution in [3.63, 3.8) is 0 Å². The summed E-state index contributed by atoms with van der Waals surface area (Å²) in [6.07, 6.45) is 5.16. The fourth-order valence-electron chi connectivity index (χ4n) is 3.80. The third-order valence-corrected chi connectivity index (χ3v) is 6.49. The van der Waals surface area contributed by atoms with Gasteiger partial charge in [0.05, 0.1) is 7.11 Å². The predicted octanol–water partition coefficient (Wildman–Crippen LogP) is 5.96. The van der Waals surface area contributed by atoms with Gasteiger partial charge in [0.1, 0.15) is 5.82 Å². The van der Waals surface area contributed by atoms with E-state index in [9.17, 15) is 4.79 Å². The maximum absolute atomic E-state index is 12.4. The fourth-order valence-corrected chi connectivity index (χ4v) is 4.92. The zero-order chi connectivity index (χ0) is 24.4. The number of carbonyl (C=O) groups excluding carboxylic acids is 1. The molecule has 0 atom stereocenters. The molecule has 0 aliphatic heterocycles. The molecule has 3 aromatic heterocycles. The lowest BCUT2D eigenvalue weighted by Crippen LogP contribution is -2.19. The number of amides is 2. The van der Waals surface area contributed by atoms with Crippen molar-refractivity contribution in [3.8, 4) is 28.3 Å². The molecule has 8 nitrogen and oxygen atoms in total. The van der Waals surface area contributed by atoms with Gasteiger partial charge in [0, 0.05) is 56.7 Å². The van der Waals surface area contributed by atoms with E-state index in [2.05, 4.69) is 31.0 Å². The number of aryl methyl sites for hydroxylation is 1. The molecule has 2 amide bonds. The molecular weight excluding hydrogens is 460 g/mol. The molecule has 35 heavy (non-hydrogen) atoms. The lowest BCUT2D eigenvalue weighted by atomic mass is 10.0. The van der Waals surface area contributed by atoms with Crippen LogP contribution in [0.2, 0.25) is 0 Å². The van der Waals surface area contributed by atoms with Gasteiger partial charge in [0.25, 0.3) is 0 Å². The van der Waals surface area contributed by atoms with Crippen LogP contribution >= 0.6 is 11.3 Å². The average molecular weight is 483 g/mol. The summed E-state index contributed by atoms with van der Waals surface area (Å²) in [5.74, 6) is 0.453. The van der Waals surface area contributed by atoms with Crippen LogP contribution < -0.4 is 21.1 Å². The molecule has 0 aliphatic carbocycles. The van der Waals surface area contributed by atoms with Crippen molar-refractivity contribution >= 4 is 44.6 Å². The van der Waals surface area contributed by atoms with Crippen LogP contribution in [0.1, 0.15) is 5.56 Å². The first kappa shape index (κ1) is 22.3. The van der Waals surface area contributed by atoms with Gasteiger partial charge < -0.3 is 21.1 Å². The third-order valence-electron chi connectivity index (χ3n) is 5.48. The van der Waals surface area contributed by atoms with Crippen molar-refractivity contribution in [3.05, 3.63) is 78.1 Å². The maximum atomic E-state index is 12.4. The summed E-state index contributed by atoms with van der Waals surface area (Å²) in [7, 11) is 1.53. The van der Waals surface area contributed by atoms with E-state index in [0.717, 1.165) is 43.6 Å². The molecule has 4 N–H and O–H groups in total. The van der Waals surface area contributed by atoms with Crippen molar-refractivity contribution in [2.75, 3.05) is 23.5 Å². The number of thiophene rings is 1. The molecule has 0 spiro atoms. The number of nitrogens with two attached hydrogens (primary N) is 1. The highest BCUT2D eigenvalue weighted by Gasteiger charge is 2.16. The molecule has 0 unspecified atom stereocenters. The third kappa shape index (κ3) is 4.62. The Kier molecular flexibility index (Phi) is 5.99. The van der Waals surface area contributed by atoms with E-state index in [-0.39, 0.29) is 6.03 Å². The van der Waals surface area contributed by atoms with Gasteiger partial charge in [-0.1, -0.05) is 24.3 Å². The van der Waals surface area contributed by atoms with Gasteiger partial charge in [-0.15, -0.1) is 11.3 Å². The Balaban J connectivity index is 1.40. The van der Waals surface area contributed by atoms with E-state index in [1.807, 2.05) is 55.5 Å². The van der Waals surface area contributed by atoms with Crippen molar-refractivity contribution in [2.24, 2.45) is 0 Å². The van der Waals surface area contributed by atoms with Crippen LogP contribution in [-0.2, 0) is 0 Å². The number of aromatic nitrogens is 3. The highest BCUT2D eigenvalue weighted by atomic mass is 32.1. The maximum Gasteiger partial charge on any atom is 0.323 e. The van der Waals surface area contributed by atoms with Gasteiger partial charge in [-0.2, -0.15) is 0 Å². The van der Waals surface area contributed by atoms with Crippen LogP contribution in [0.25, 0.3) is 32.3 Å². The average Bonchev–Trinajstić information content (AvgIpc) is 3.31. The number of nitrogens with one attached hydrogen (secondary N) is 2. The number of anilines is 3. The lowest BCUT2D eigenvalue weighted by molar-refractivity contribution is 0.262. The molecule has 3 heterocycles. The summed E-state index contributed by atoms with van der Waals surface area (Å²) in [4.78, 5) is 25.2. The molecule has 0 radical (unpaired) electrons. The highest BCUT2D eigenvalue weighted by Crippen LogP contribution is 2.41. The minimum atomic E-state index is -0.302. The van der Waals surface area contributed by atoms with E-state index in [1.165, 1.54) is 7.11 Å². The number of carbonyl (C=O) groups is 1. The summed E-state index contributed by atoms with van der Waals surface area (Å²) in [5, 5.41) is 8.64. The normalized spacial score (nSPS) is 10.8. The summed E-state index contributed by atoms with van der Waals surface area (Å²) in [6, 6.07) is 15.3. The Labute approximate surface area is 205 Å². The topological polar surface area (TPSA) is 115 Å². The van der Waals surface area contributed by atoms with Crippen molar-refractivity contribution < 1.29 is 9.53 Å². The predicted molar refractivity (Wildman–Crippen MR) is 141 cm³/mol. The van der Waals surface area contributed by atoms with Crippen LogP contribution in [0.4, 0.5) is 22.0 Å². The zero-order valence-corrected chi connectivity index (χ0v) is 19.9. The Morgan fingerprint density at radius 3 is 2.37 bits per heavy atom. The van der Waals surface area contributed by atoms with Crippen molar-refractivity contribution in [1.29, 1.82) is 0 Å². The van der Waals surface area contributed by atoms with E-state index < -0.39 is 0 Å². The van der Waals surface area contributed by atoms with Crippen LogP contribution in [0, 0.1) is 6.92 Å². The Hall–Kier alpha value is -4.50. The first-order valence-electron chi connectivity index (χ1n) is 10.8. The van der Waals surface area contributed by atoms with Gasteiger partial charge in [0.2, 0.25) is 0 Å². The second-order valence-electron chi connectivity index (χ2n) is 7.90. The number of fused-ring (bicyclic) bond motifs is 1. The number of rotatable bonds is 5. The molecule has 2 aromatic carbocycles. The van der Waals surface area contributed by atoms with E-state index >= 15 is 0 Å². The second-order valence-corrected chi connectivity index (χ2v) is 8.77. The summed E-state index contributed by atoms with van der Waals surface area (Å²) in [5.41, 5.74) is 12.5. The molecule has 5 aromatic rings. The van der Waals surface area contributed by atoms with E-state index in [1.54, 1.807) is 29.9 Å². The number of methoxy groups -OCH3 is 1. The number of hydrogen-bond donors (Lipinski definition) is 3. The summed E-state index contributed by atoms with van der Waals surface area (Å²) in [6.45, 7) is 1.98. The number of ether oxygens (including phenoxy) is 1. The minimum Gasteiger partial charge on any atom is -0.467 e. The molecule has 0 aliphatic rings. The number of nitrogens with zero attached hydrogens (tertiary/aromatic N) is 3. The number of nitrogen functional groups attached to an aromatic ring is 1. The highest BCUT2D eigenvalue weighted by molar-refractivity contribution is 7.18. The number of benzene rings is 2. The Bertz CT molecular complexity index is 1510. The van der Waals surface area contributed by atoms with Gasteiger partial charge in [-0.05, 0) is 47.7 Å². The molecule has 174 valence electrons. The van der Waals surface area contributed by atoms with Gasteiger partial charge in [0.15, 0.2) is 0 Å². The molecule has 5 rings (SSSR count). The Morgan fingerprint density at radius 2 is 1.66 bits per heavy atom. The zero-order valence-electron chi connectivity index (χ0n) is 19.1. The smallest absolute Gasteiger partial charge is 0.323 e. The summed E-state index contributed by atoms with van der Waals surface area (Å²) >= 11 is 1.59. The Morgan fingerprint density at radius 1 is 0.914 bits per heavy atom. The molecule has 0 saturated carbocycles. The van der Waals surface area contributed by atoms with E-state index in [0.29, 0.717) is 17.5 Å². The monoisotopic (exact) mass is 482 g/mol. The quantitative estimate of drug-likeness (QED) is 0.285. The van der Waals surface area contributed by atoms with Gasteiger partial charge in [-0.3, -0.25) is 0 Å². The molecule has 9 heteroatoms. The molecule has 0 bridgehead atoms. The SMILES string of the molecule is COc1ncc(-c2cnc(N)c3c(-c4ccc(NC(=O)Nc5cccc(C)c5)cc4)csc23)cn1. The van der Waals surface area contributed by atoms with E-state index in [4.69, 9.17) is 10.5 Å². The van der Waals surface area contributed by atoms with Crippen LogP contribution in [0.5, 0.6) is 6.01 Å². The van der Waals surface area contributed by atoms with Crippen LogP contribution in [-0.4, -0.2) is 28.1 Å². The van der Waals surface area contributed by atoms with Crippen molar-refractivity contribution in [2.45, 2.75) is 6.92 Å². The minimum absolute atomic E-state index is 0.302. The summed E-state index contributed by atoms with van der Waals surface area (Å²) < 4.78 is 6.06. The fraction of sp³-hybridized carbons (Fsp3) is 0.0769. The first-order chi connectivity index (χ1) is 17.0. The molecule has 0 fully saturated rings. The first-order valence-corrected chi connectivity index (χ1v) is 11.7. The standard InChI is InChI=1S/C26H22N6O2S/c1-15-4-3-5-19(10-15)32-25(33)31-18-8-6-16(7-9-18)21-14-35-23-20(13-28-24(27)22(21)23)17-11-29-26(34-2)30-12-17/h3-14H,1-2H3,(H2,27,28)(H2,31,32,33). The van der Waals surface area contributed by atoms with Crippen LogP contribution in [0.3, 0.4) is 0 Å². The van der Waals surface area contributed by atoms with Crippen molar-refractivity contribution in [1.82, 2.24) is 15.0 Å². The largest absolute Gasteiger partial charge is 0.467 e. The number of urea groups is 1. The number of hydrogen-bond acceptors (Lipinski definition) is 7. The lowest BCUT2D eigenvalue weighted by Gasteiger charge is -2.09. The molecule has 0 saturated heterocycles. The number of pyridine rings is 1. The van der Waals surface area contributed by atoms with Gasteiger partial charge >= 0.3 is 12.0 Å².